The molecule has 0 saturated carbocycles. The maximum Gasteiger partial charge on any atom is 0.323 e. The van der Waals surface area contributed by atoms with Crippen LogP contribution in [0.25, 0.3) is 0 Å². The van der Waals surface area contributed by atoms with Crippen LogP contribution in [0, 0.1) is 6.92 Å². The lowest BCUT2D eigenvalue weighted by Crippen LogP contribution is -2.26. The van der Waals surface area contributed by atoms with Gasteiger partial charge in [-0.05, 0) is 55.3 Å². The number of amides is 2. The third-order valence-electron chi connectivity index (χ3n) is 3.91. The Hall–Kier alpha value is -2.25. The number of hydrogen-bond acceptors (Lipinski definition) is 3. The highest BCUT2D eigenvalue weighted by molar-refractivity contribution is 7.93. The van der Waals surface area contributed by atoms with Crippen LogP contribution in [0.2, 0.25) is 5.02 Å². The van der Waals surface area contributed by atoms with Crippen molar-refractivity contribution in [2.45, 2.75) is 13.3 Å². The predicted octanol–water partition coefficient (Wildman–Crippen LogP) is 3.83. The van der Waals surface area contributed by atoms with E-state index in [0.717, 1.165) is 5.56 Å². The molecular formula is C17H18ClN3O3S. The van der Waals surface area contributed by atoms with Gasteiger partial charge in [-0.15, -0.1) is 0 Å². The van der Waals surface area contributed by atoms with E-state index in [4.69, 9.17) is 11.6 Å². The summed E-state index contributed by atoms with van der Waals surface area (Å²) >= 11 is 5.89. The molecule has 0 atom stereocenters. The zero-order chi connectivity index (χ0) is 18.0. The first-order valence-electron chi connectivity index (χ1n) is 7.80. The Labute approximate surface area is 151 Å². The van der Waals surface area contributed by atoms with E-state index in [1.54, 1.807) is 42.5 Å². The maximum atomic E-state index is 12.1. The summed E-state index contributed by atoms with van der Waals surface area (Å²) in [6, 6.07) is 11.6. The molecule has 0 aromatic heterocycles. The molecule has 0 spiro atoms. The van der Waals surface area contributed by atoms with Crippen molar-refractivity contribution in [3.8, 4) is 0 Å². The molecule has 1 aliphatic rings. The molecule has 3 rings (SSSR count). The lowest BCUT2D eigenvalue weighted by atomic mass is 10.1. The summed E-state index contributed by atoms with van der Waals surface area (Å²) in [5.74, 6) is 0.175. The number of carbonyl (C=O) groups excluding carboxylic acids is 1. The number of sulfonamides is 1. The number of rotatable bonds is 3. The van der Waals surface area contributed by atoms with E-state index < -0.39 is 16.1 Å². The van der Waals surface area contributed by atoms with Crippen LogP contribution < -0.4 is 14.9 Å². The molecule has 132 valence electrons. The van der Waals surface area contributed by atoms with E-state index in [1.807, 2.05) is 6.92 Å². The maximum absolute atomic E-state index is 12.1. The topological polar surface area (TPSA) is 78.5 Å². The Morgan fingerprint density at radius 1 is 1.12 bits per heavy atom. The van der Waals surface area contributed by atoms with Crippen LogP contribution >= 0.6 is 11.6 Å². The van der Waals surface area contributed by atoms with Crippen LogP contribution in [0.15, 0.2) is 42.5 Å². The highest BCUT2D eigenvalue weighted by Gasteiger charge is 2.29. The largest absolute Gasteiger partial charge is 0.323 e. The van der Waals surface area contributed by atoms with E-state index in [2.05, 4.69) is 10.6 Å². The van der Waals surface area contributed by atoms with Gasteiger partial charge in [0.25, 0.3) is 0 Å². The smallest absolute Gasteiger partial charge is 0.308 e. The van der Waals surface area contributed by atoms with Crippen molar-refractivity contribution in [3.63, 3.8) is 0 Å². The molecule has 25 heavy (non-hydrogen) atoms. The van der Waals surface area contributed by atoms with E-state index in [-0.39, 0.29) is 5.75 Å². The van der Waals surface area contributed by atoms with Crippen molar-refractivity contribution >= 4 is 44.7 Å². The third kappa shape index (κ3) is 4.05. The second-order valence-corrected chi connectivity index (χ2v) is 8.28. The lowest BCUT2D eigenvalue weighted by Gasteiger charge is -2.20. The summed E-state index contributed by atoms with van der Waals surface area (Å²) in [7, 11) is -3.22. The molecule has 2 amide bonds. The molecule has 8 heteroatoms. The van der Waals surface area contributed by atoms with Gasteiger partial charge in [-0.25, -0.2) is 13.2 Å². The zero-order valence-electron chi connectivity index (χ0n) is 13.6. The number of urea groups is 1. The van der Waals surface area contributed by atoms with Gasteiger partial charge in [-0.3, -0.25) is 4.31 Å². The number of benzene rings is 2. The lowest BCUT2D eigenvalue weighted by molar-refractivity contribution is 0.262. The second-order valence-electron chi connectivity index (χ2n) is 5.83. The van der Waals surface area contributed by atoms with Crippen molar-refractivity contribution in [1.29, 1.82) is 0 Å². The summed E-state index contributed by atoms with van der Waals surface area (Å²) in [5, 5.41) is 5.95. The fourth-order valence-corrected chi connectivity index (χ4v) is 4.60. The van der Waals surface area contributed by atoms with Gasteiger partial charge < -0.3 is 10.6 Å². The highest BCUT2D eigenvalue weighted by atomic mass is 35.5. The SMILES string of the molecule is Cc1cc(NC(=O)Nc2cccc(Cl)c2)ccc1N1CCCS1(=O)=O. The zero-order valence-corrected chi connectivity index (χ0v) is 15.2. The van der Waals surface area contributed by atoms with Crippen molar-refractivity contribution in [3.05, 3.63) is 53.1 Å². The molecule has 2 aromatic rings. The monoisotopic (exact) mass is 379 g/mol. The second kappa shape index (κ2) is 6.93. The van der Waals surface area contributed by atoms with E-state index in [9.17, 15) is 13.2 Å². The number of halogens is 1. The van der Waals surface area contributed by atoms with E-state index >= 15 is 0 Å². The van der Waals surface area contributed by atoms with Crippen molar-refractivity contribution < 1.29 is 13.2 Å². The quantitative estimate of drug-likeness (QED) is 0.850. The van der Waals surface area contributed by atoms with Gasteiger partial charge in [0, 0.05) is 22.9 Å². The Morgan fingerprint density at radius 3 is 2.44 bits per heavy atom. The average Bonchev–Trinajstić information content (AvgIpc) is 2.86. The molecule has 0 aliphatic carbocycles. The molecule has 2 aromatic carbocycles. The van der Waals surface area contributed by atoms with E-state index in [0.29, 0.717) is 35.1 Å². The first kappa shape index (κ1) is 17.6. The van der Waals surface area contributed by atoms with Crippen molar-refractivity contribution in [1.82, 2.24) is 0 Å². The molecule has 1 heterocycles. The van der Waals surface area contributed by atoms with Gasteiger partial charge in [-0.2, -0.15) is 0 Å². The van der Waals surface area contributed by atoms with Gasteiger partial charge >= 0.3 is 6.03 Å². The first-order chi connectivity index (χ1) is 11.8. The fourth-order valence-electron chi connectivity index (χ4n) is 2.78. The Balaban J connectivity index is 1.72. The highest BCUT2D eigenvalue weighted by Crippen LogP contribution is 2.29. The van der Waals surface area contributed by atoms with Gasteiger partial charge in [0.05, 0.1) is 11.4 Å². The summed E-state index contributed by atoms with van der Waals surface area (Å²) in [5.41, 5.74) is 2.60. The van der Waals surface area contributed by atoms with Crippen molar-refractivity contribution in [2.75, 3.05) is 27.2 Å². The van der Waals surface area contributed by atoms with Gasteiger partial charge in [-0.1, -0.05) is 17.7 Å². The molecule has 0 unspecified atom stereocenters. The van der Waals surface area contributed by atoms with E-state index in [1.165, 1.54) is 4.31 Å². The third-order valence-corrected chi connectivity index (χ3v) is 6.00. The first-order valence-corrected chi connectivity index (χ1v) is 9.78. The van der Waals surface area contributed by atoms with Crippen LogP contribution in [0.3, 0.4) is 0 Å². The number of anilines is 3. The van der Waals surface area contributed by atoms with Crippen LogP contribution in [0.5, 0.6) is 0 Å². The Morgan fingerprint density at radius 2 is 1.84 bits per heavy atom. The molecule has 1 saturated heterocycles. The minimum atomic E-state index is -3.22. The van der Waals surface area contributed by atoms with Crippen molar-refractivity contribution in [2.24, 2.45) is 0 Å². The predicted molar refractivity (Wildman–Crippen MR) is 101 cm³/mol. The molecule has 0 radical (unpaired) electrons. The molecule has 0 bridgehead atoms. The van der Waals surface area contributed by atoms with Crippen LogP contribution in [-0.4, -0.2) is 26.7 Å². The Kier molecular flexibility index (Phi) is 4.87. The summed E-state index contributed by atoms with van der Waals surface area (Å²) in [6.07, 6.45) is 0.629. The number of aryl methyl sites for hydroxylation is 1. The minimum absolute atomic E-state index is 0.175. The number of carbonyl (C=O) groups is 1. The summed E-state index contributed by atoms with van der Waals surface area (Å²) < 4.78 is 25.5. The van der Waals surface area contributed by atoms with Gasteiger partial charge in [0.15, 0.2) is 0 Å². The number of nitrogens with zero attached hydrogens (tertiary/aromatic N) is 1. The molecule has 2 N–H and O–H groups in total. The average molecular weight is 380 g/mol. The fraction of sp³-hybridized carbons (Fsp3) is 0.235. The Bertz CT molecular complexity index is 915. The minimum Gasteiger partial charge on any atom is -0.308 e. The normalized spacial score (nSPS) is 15.8. The summed E-state index contributed by atoms with van der Waals surface area (Å²) in [4.78, 5) is 12.1. The van der Waals surface area contributed by atoms with Crippen LogP contribution in [-0.2, 0) is 10.0 Å². The number of hydrogen-bond donors (Lipinski definition) is 2. The van der Waals surface area contributed by atoms with Gasteiger partial charge in [0.1, 0.15) is 0 Å². The molecule has 1 aliphatic heterocycles. The summed E-state index contributed by atoms with van der Waals surface area (Å²) in [6.45, 7) is 2.31. The number of nitrogens with one attached hydrogen (secondary N) is 2. The molecular weight excluding hydrogens is 362 g/mol. The molecule has 6 nitrogen and oxygen atoms in total. The van der Waals surface area contributed by atoms with Crippen LogP contribution in [0.4, 0.5) is 21.9 Å². The molecule has 1 fully saturated rings. The van der Waals surface area contributed by atoms with Crippen LogP contribution in [0.1, 0.15) is 12.0 Å². The standard InChI is InChI=1S/C17H18ClN3O3S/c1-12-10-15(6-7-16(12)21-8-3-9-25(21,23)24)20-17(22)19-14-5-2-4-13(18)11-14/h2,4-7,10-11H,3,8-9H2,1H3,(H2,19,20,22). The van der Waals surface area contributed by atoms with Gasteiger partial charge in [0.2, 0.25) is 10.0 Å².